The summed E-state index contributed by atoms with van der Waals surface area (Å²) in [7, 11) is 0. The minimum Gasteiger partial charge on any atom is -0.300 e. The number of aromatic nitrogens is 2. The Morgan fingerprint density at radius 2 is 1.93 bits per heavy atom. The van der Waals surface area contributed by atoms with Crippen molar-refractivity contribution in [2.24, 2.45) is 0 Å². The molecule has 0 unspecified atom stereocenters. The van der Waals surface area contributed by atoms with Crippen LogP contribution >= 0.6 is 34.9 Å². The summed E-state index contributed by atoms with van der Waals surface area (Å²) in [6.45, 7) is 2.03. The van der Waals surface area contributed by atoms with Crippen LogP contribution in [0.3, 0.4) is 0 Å². The van der Waals surface area contributed by atoms with Crippen molar-refractivity contribution in [1.29, 1.82) is 5.26 Å². The SMILES string of the molecule is Cc1ccccc1SCC(=O)Nc1nnc(SCc2ccc(C#N)cc2)s1. The highest BCUT2D eigenvalue weighted by molar-refractivity contribution is 8.00. The van der Waals surface area contributed by atoms with Gasteiger partial charge in [-0.05, 0) is 36.2 Å². The predicted octanol–water partition coefficient (Wildman–Crippen LogP) is 4.74. The number of carbonyl (C=O) groups excluding carboxylic acids is 1. The van der Waals surface area contributed by atoms with E-state index in [1.807, 2.05) is 43.3 Å². The largest absolute Gasteiger partial charge is 0.300 e. The van der Waals surface area contributed by atoms with E-state index in [2.05, 4.69) is 21.6 Å². The van der Waals surface area contributed by atoms with Crippen LogP contribution in [0.2, 0.25) is 0 Å². The third-order valence-corrected chi connectivity index (χ3v) is 6.77. The Hall–Kier alpha value is -2.34. The van der Waals surface area contributed by atoms with Gasteiger partial charge in [-0.15, -0.1) is 22.0 Å². The number of carbonyl (C=O) groups is 1. The van der Waals surface area contributed by atoms with E-state index in [1.54, 1.807) is 23.9 Å². The van der Waals surface area contributed by atoms with Gasteiger partial charge in [-0.25, -0.2) is 0 Å². The van der Waals surface area contributed by atoms with Gasteiger partial charge in [0.2, 0.25) is 11.0 Å². The average molecular weight is 413 g/mol. The number of nitriles is 1. The van der Waals surface area contributed by atoms with Crippen LogP contribution in [0.4, 0.5) is 5.13 Å². The molecule has 5 nitrogen and oxygen atoms in total. The average Bonchev–Trinajstić information content (AvgIpc) is 3.13. The lowest BCUT2D eigenvalue weighted by molar-refractivity contribution is -0.113. The highest BCUT2D eigenvalue weighted by Gasteiger charge is 2.10. The van der Waals surface area contributed by atoms with Crippen molar-refractivity contribution in [3.63, 3.8) is 0 Å². The van der Waals surface area contributed by atoms with Crippen molar-refractivity contribution >= 4 is 45.9 Å². The Kier molecular flexibility index (Phi) is 6.87. The van der Waals surface area contributed by atoms with E-state index in [4.69, 9.17) is 5.26 Å². The minimum atomic E-state index is -0.0944. The molecule has 0 bridgehead atoms. The Labute approximate surface area is 170 Å². The predicted molar refractivity (Wildman–Crippen MR) is 111 cm³/mol. The number of aryl methyl sites for hydroxylation is 1. The molecule has 1 amide bonds. The van der Waals surface area contributed by atoms with Crippen LogP contribution in [0.5, 0.6) is 0 Å². The molecule has 3 aromatic rings. The summed E-state index contributed by atoms with van der Waals surface area (Å²) < 4.78 is 0.793. The molecule has 2 aromatic carbocycles. The molecule has 0 atom stereocenters. The van der Waals surface area contributed by atoms with Crippen LogP contribution in [0.1, 0.15) is 16.7 Å². The van der Waals surface area contributed by atoms with Crippen molar-refractivity contribution < 1.29 is 4.79 Å². The lowest BCUT2D eigenvalue weighted by atomic mass is 10.2. The second-order valence-electron chi connectivity index (χ2n) is 5.57. The van der Waals surface area contributed by atoms with Crippen LogP contribution in [0, 0.1) is 18.3 Å². The Bertz CT molecular complexity index is 964. The van der Waals surface area contributed by atoms with E-state index in [0.717, 1.165) is 26.1 Å². The van der Waals surface area contributed by atoms with E-state index >= 15 is 0 Å². The van der Waals surface area contributed by atoms with Crippen molar-refractivity contribution in [2.75, 3.05) is 11.1 Å². The lowest BCUT2D eigenvalue weighted by Gasteiger charge is -2.04. The molecule has 8 heteroatoms. The molecule has 1 aromatic heterocycles. The zero-order valence-electron chi connectivity index (χ0n) is 14.5. The van der Waals surface area contributed by atoms with Gasteiger partial charge >= 0.3 is 0 Å². The molecule has 0 fully saturated rings. The summed E-state index contributed by atoms with van der Waals surface area (Å²) in [5, 5.41) is 20.3. The lowest BCUT2D eigenvalue weighted by Crippen LogP contribution is -2.13. The fourth-order valence-corrected chi connectivity index (χ4v) is 4.71. The highest BCUT2D eigenvalue weighted by Crippen LogP contribution is 2.29. The number of anilines is 1. The molecule has 27 heavy (non-hydrogen) atoms. The molecule has 136 valence electrons. The standard InChI is InChI=1S/C19H16N4OS3/c1-13-4-2-3-5-16(13)25-12-17(24)21-18-22-23-19(27-18)26-11-15-8-6-14(10-20)7-9-15/h2-9H,11-12H2,1H3,(H,21,22,24). The first-order chi connectivity index (χ1) is 13.1. The fraction of sp³-hybridized carbons (Fsp3) is 0.158. The van der Waals surface area contributed by atoms with E-state index < -0.39 is 0 Å². The maximum absolute atomic E-state index is 12.1. The van der Waals surface area contributed by atoms with Gasteiger partial charge in [-0.2, -0.15) is 5.26 Å². The van der Waals surface area contributed by atoms with Crippen molar-refractivity contribution in [3.05, 3.63) is 65.2 Å². The normalized spacial score (nSPS) is 10.4. The highest BCUT2D eigenvalue weighted by atomic mass is 32.2. The number of hydrogen-bond acceptors (Lipinski definition) is 7. The first-order valence-electron chi connectivity index (χ1n) is 8.07. The van der Waals surface area contributed by atoms with Gasteiger partial charge in [-0.1, -0.05) is 53.4 Å². The smallest absolute Gasteiger partial charge is 0.236 e. The molecule has 0 saturated carbocycles. The number of amides is 1. The van der Waals surface area contributed by atoms with Gasteiger partial charge in [0, 0.05) is 10.6 Å². The van der Waals surface area contributed by atoms with Crippen molar-refractivity contribution in [2.45, 2.75) is 21.9 Å². The van der Waals surface area contributed by atoms with E-state index in [1.165, 1.54) is 23.1 Å². The summed E-state index contributed by atoms with van der Waals surface area (Å²) in [6.07, 6.45) is 0. The van der Waals surface area contributed by atoms with Gasteiger partial charge in [0.05, 0.1) is 17.4 Å². The molecular formula is C19H16N4OS3. The molecular weight excluding hydrogens is 396 g/mol. The van der Waals surface area contributed by atoms with Crippen molar-refractivity contribution in [1.82, 2.24) is 10.2 Å². The summed E-state index contributed by atoms with van der Waals surface area (Å²) in [6, 6.07) is 17.6. The van der Waals surface area contributed by atoms with Crippen LogP contribution in [0.25, 0.3) is 0 Å². The fourth-order valence-electron chi connectivity index (χ4n) is 2.16. The number of rotatable bonds is 7. The zero-order valence-corrected chi connectivity index (χ0v) is 17.0. The number of thioether (sulfide) groups is 2. The van der Waals surface area contributed by atoms with Gasteiger partial charge < -0.3 is 0 Å². The second kappa shape index (κ2) is 9.55. The molecule has 0 aliphatic heterocycles. The third kappa shape index (κ3) is 5.82. The van der Waals surface area contributed by atoms with Gasteiger partial charge in [0.1, 0.15) is 0 Å². The van der Waals surface area contributed by atoms with Gasteiger partial charge in [0.25, 0.3) is 0 Å². The summed E-state index contributed by atoms with van der Waals surface area (Å²) in [5.74, 6) is 0.971. The number of nitrogens with zero attached hydrogens (tertiary/aromatic N) is 3. The third-order valence-electron chi connectivity index (χ3n) is 3.55. The zero-order chi connectivity index (χ0) is 19.1. The van der Waals surface area contributed by atoms with Crippen LogP contribution in [-0.2, 0) is 10.5 Å². The van der Waals surface area contributed by atoms with Crippen LogP contribution in [0.15, 0.2) is 57.8 Å². The van der Waals surface area contributed by atoms with Crippen LogP contribution < -0.4 is 5.32 Å². The maximum Gasteiger partial charge on any atom is 0.236 e. The van der Waals surface area contributed by atoms with E-state index in [0.29, 0.717) is 16.4 Å². The first kappa shape index (κ1) is 19.4. The minimum absolute atomic E-state index is 0.0944. The van der Waals surface area contributed by atoms with Crippen LogP contribution in [-0.4, -0.2) is 21.9 Å². The number of nitrogens with one attached hydrogen (secondary N) is 1. The van der Waals surface area contributed by atoms with Gasteiger partial charge in [0.15, 0.2) is 4.34 Å². The molecule has 0 saturated heterocycles. The quantitative estimate of drug-likeness (QED) is 0.446. The Balaban J connectivity index is 1.47. The summed E-state index contributed by atoms with van der Waals surface area (Å²) >= 11 is 4.42. The molecule has 0 aliphatic rings. The molecule has 1 N–H and O–H groups in total. The second-order valence-corrected chi connectivity index (χ2v) is 8.79. The molecule has 0 radical (unpaired) electrons. The Morgan fingerprint density at radius 1 is 1.15 bits per heavy atom. The number of hydrogen-bond donors (Lipinski definition) is 1. The first-order valence-corrected chi connectivity index (χ1v) is 10.9. The molecule has 0 aliphatic carbocycles. The van der Waals surface area contributed by atoms with Crippen molar-refractivity contribution in [3.8, 4) is 6.07 Å². The van der Waals surface area contributed by atoms with Gasteiger partial charge in [-0.3, -0.25) is 10.1 Å². The monoisotopic (exact) mass is 412 g/mol. The molecule has 0 spiro atoms. The topological polar surface area (TPSA) is 78.7 Å². The molecule has 3 rings (SSSR count). The van der Waals surface area contributed by atoms with E-state index in [-0.39, 0.29) is 5.91 Å². The summed E-state index contributed by atoms with van der Waals surface area (Å²) in [4.78, 5) is 13.2. The molecule has 1 heterocycles. The Morgan fingerprint density at radius 3 is 2.67 bits per heavy atom. The number of benzene rings is 2. The van der Waals surface area contributed by atoms with E-state index in [9.17, 15) is 4.79 Å². The maximum atomic E-state index is 12.1. The summed E-state index contributed by atoms with van der Waals surface area (Å²) in [5.41, 5.74) is 2.91.